The van der Waals surface area contributed by atoms with Crippen LogP contribution in [0.25, 0.3) is 0 Å². The molecule has 0 saturated carbocycles. The number of aromatic nitrogens is 5. The maximum absolute atomic E-state index is 13.0. The molecule has 0 radical (unpaired) electrons. The van der Waals surface area contributed by atoms with E-state index in [-0.39, 0.29) is 18.5 Å². The lowest BCUT2D eigenvalue weighted by atomic mass is 10.1. The summed E-state index contributed by atoms with van der Waals surface area (Å²) in [5, 5.41) is 9.07. The molecular weight excluding hydrogens is 345 g/mol. The number of ether oxygens (including phenoxy) is 1. The van der Waals surface area contributed by atoms with Crippen LogP contribution >= 0.6 is 0 Å². The summed E-state index contributed by atoms with van der Waals surface area (Å²) in [6.07, 6.45) is 1.66. The van der Waals surface area contributed by atoms with Gasteiger partial charge in [-0.15, -0.1) is 0 Å². The molecule has 2 heterocycles. The lowest BCUT2D eigenvalue weighted by Gasteiger charge is -2.09. The smallest absolute Gasteiger partial charge is 0.188 e. The molecule has 0 spiro atoms. The first-order valence-corrected chi connectivity index (χ1v) is 9.17. The van der Waals surface area contributed by atoms with E-state index in [1.165, 1.54) is 23.4 Å². The Labute approximate surface area is 159 Å². The maximum atomic E-state index is 13.0. The minimum Gasteiger partial charge on any atom is -0.486 e. The van der Waals surface area contributed by atoms with Crippen LogP contribution in [0, 0.1) is 19.7 Å². The monoisotopic (exact) mass is 371 g/mol. The number of halogens is 1. The van der Waals surface area contributed by atoms with E-state index in [9.17, 15) is 4.39 Å². The van der Waals surface area contributed by atoms with E-state index >= 15 is 0 Å². The molecule has 7 heteroatoms. The molecule has 144 valence electrons. The van der Waals surface area contributed by atoms with Crippen molar-refractivity contribution in [1.82, 2.24) is 24.5 Å². The van der Waals surface area contributed by atoms with Crippen molar-refractivity contribution in [2.45, 2.75) is 53.2 Å². The third-order valence-electron chi connectivity index (χ3n) is 4.67. The first-order chi connectivity index (χ1) is 12.8. The van der Waals surface area contributed by atoms with Gasteiger partial charge in [-0.1, -0.05) is 0 Å². The first kappa shape index (κ1) is 19.1. The summed E-state index contributed by atoms with van der Waals surface area (Å²) in [7, 11) is 1.97. The second kappa shape index (κ2) is 7.90. The summed E-state index contributed by atoms with van der Waals surface area (Å²) in [5.74, 6) is 1.88. The molecule has 6 nitrogen and oxygen atoms in total. The molecule has 0 amide bonds. The van der Waals surface area contributed by atoms with E-state index in [1.54, 1.807) is 12.1 Å². The van der Waals surface area contributed by atoms with Gasteiger partial charge in [0.2, 0.25) is 0 Å². The highest BCUT2D eigenvalue weighted by Crippen LogP contribution is 2.17. The third kappa shape index (κ3) is 4.35. The van der Waals surface area contributed by atoms with Crippen molar-refractivity contribution in [3.63, 3.8) is 0 Å². The molecule has 1 aromatic carbocycles. The fourth-order valence-corrected chi connectivity index (χ4v) is 3.14. The molecule has 0 bridgehead atoms. The van der Waals surface area contributed by atoms with E-state index in [0.29, 0.717) is 11.6 Å². The highest BCUT2D eigenvalue weighted by Gasteiger charge is 2.16. The summed E-state index contributed by atoms with van der Waals surface area (Å²) in [5.41, 5.74) is 3.51. The van der Waals surface area contributed by atoms with Crippen molar-refractivity contribution in [2.24, 2.45) is 7.05 Å². The Bertz CT molecular complexity index is 911. The molecule has 3 rings (SSSR count). The summed E-state index contributed by atoms with van der Waals surface area (Å²) in [6, 6.07) is 6.16. The Morgan fingerprint density at radius 3 is 2.37 bits per heavy atom. The maximum Gasteiger partial charge on any atom is 0.188 e. The Morgan fingerprint density at radius 1 is 1.07 bits per heavy atom. The van der Waals surface area contributed by atoms with Gasteiger partial charge in [-0.2, -0.15) is 10.2 Å². The van der Waals surface area contributed by atoms with Gasteiger partial charge in [0.05, 0.1) is 5.69 Å². The van der Waals surface area contributed by atoms with Gasteiger partial charge in [0.25, 0.3) is 0 Å². The van der Waals surface area contributed by atoms with Gasteiger partial charge in [0, 0.05) is 25.2 Å². The average Bonchev–Trinajstić information content (AvgIpc) is 3.14. The van der Waals surface area contributed by atoms with Gasteiger partial charge in [0.15, 0.2) is 5.82 Å². The van der Waals surface area contributed by atoms with Crippen LogP contribution in [0.5, 0.6) is 5.75 Å². The summed E-state index contributed by atoms with van der Waals surface area (Å²) < 4.78 is 22.5. The second-order valence-corrected chi connectivity index (χ2v) is 7.00. The average molecular weight is 371 g/mol. The quantitative estimate of drug-likeness (QED) is 0.635. The van der Waals surface area contributed by atoms with Crippen LogP contribution in [0.15, 0.2) is 24.3 Å². The lowest BCUT2D eigenvalue weighted by Crippen LogP contribution is -2.10. The zero-order valence-electron chi connectivity index (χ0n) is 16.5. The van der Waals surface area contributed by atoms with Gasteiger partial charge >= 0.3 is 0 Å². The van der Waals surface area contributed by atoms with E-state index in [1.807, 2.05) is 23.3 Å². The van der Waals surface area contributed by atoms with Crippen LogP contribution in [0.4, 0.5) is 4.39 Å². The molecule has 0 aliphatic heterocycles. The molecule has 0 aliphatic rings. The number of rotatable bonds is 7. The first-order valence-electron chi connectivity index (χ1n) is 9.17. The van der Waals surface area contributed by atoms with Crippen LogP contribution in [0.2, 0.25) is 0 Å². The van der Waals surface area contributed by atoms with Gasteiger partial charge in [-0.05, 0) is 63.9 Å². The number of aryl methyl sites for hydroxylation is 3. The van der Waals surface area contributed by atoms with Crippen molar-refractivity contribution < 1.29 is 9.13 Å². The molecule has 2 aromatic heterocycles. The van der Waals surface area contributed by atoms with Crippen molar-refractivity contribution in [1.29, 1.82) is 0 Å². The van der Waals surface area contributed by atoms with E-state index in [2.05, 4.69) is 36.0 Å². The fraction of sp³-hybridized carbons (Fsp3) is 0.450. The largest absolute Gasteiger partial charge is 0.486 e. The lowest BCUT2D eigenvalue weighted by molar-refractivity contribution is 0.294. The minimum absolute atomic E-state index is 0.211. The molecule has 0 saturated heterocycles. The predicted octanol–water partition coefficient (Wildman–Crippen LogP) is 3.71. The van der Waals surface area contributed by atoms with E-state index < -0.39 is 0 Å². The standard InChI is InChI=1S/C20H26FN5O/c1-13(2)26-20(11-10-18-14(3)23-25(5)15(18)4)22-19(24-26)12-27-17-8-6-16(21)7-9-17/h6-9,13H,10-12H2,1-5H3. The highest BCUT2D eigenvalue weighted by molar-refractivity contribution is 5.25. The van der Waals surface area contributed by atoms with Crippen molar-refractivity contribution in [3.05, 3.63) is 58.7 Å². The van der Waals surface area contributed by atoms with Gasteiger partial charge in [-0.3, -0.25) is 4.68 Å². The summed E-state index contributed by atoms with van der Waals surface area (Å²) in [6.45, 7) is 8.55. The van der Waals surface area contributed by atoms with Crippen LogP contribution in [0.3, 0.4) is 0 Å². The summed E-state index contributed by atoms with van der Waals surface area (Å²) in [4.78, 5) is 4.67. The van der Waals surface area contributed by atoms with Gasteiger partial charge < -0.3 is 4.74 Å². The molecule has 27 heavy (non-hydrogen) atoms. The SMILES string of the molecule is Cc1nn(C)c(C)c1CCc1nc(COc2ccc(F)cc2)nn1C(C)C. The van der Waals surface area contributed by atoms with Crippen LogP contribution in [-0.4, -0.2) is 24.5 Å². The zero-order chi connectivity index (χ0) is 19.6. The number of nitrogens with zero attached hydrogens (tertiary/aromatic N) is 5. The molecular formula is C20H26FN5O. The van der Waals surface area contributed by atoms with Gasteiger partial charge in [-0.25, -0.2) is 14.1 Å². The highest BCUT2D eigenvalue weighted by atomic mass is 19.1. The van der Waals surface area contributed by atoms with Crippen LogP contribution < -0.4 is 4.74 Å². The second-order valence-electron chi connectivity index (χ2n) is 7.00. The molecule has 0 atom stereocenters. The minimum atomic E-state index is -0.284. The Balaban J connectivity index is 1.72. The van der Waals surface area contributed by atoms with Crippen molar-refractivity contribution >= 4 is 0 Å². The normalized spacial score (nSPS) is 11.4. The molecule has 0 fully saturated rings. The molecule has 0 unspecified atom stereocenters. The molecule has 0 N–H and O–H groups in total. The van der Waals surface area contributed by atoms with Crippen LogP contribution in [0.1, 0.15) is 48.5 Å². The fourth-order valence-electron chi connectivity index (χ4n) is 3.14. The third-order valence-corrected chi connectivity index (χ3v) is 4.67. The summed E-state index contributed by atoms with van der Waals surface area (Å²) >= 11 is 0. The molecule has 3 aromatic rings. The van der Waals surface area contributed by atoms with E-state index in [0.717, 1.165) is 24.4 Å². The predicted molar refractivity (Wildman–Crippen MR) is 101 cm³/mol. The number of hydrogen-bond donors (Lipinski definition) is 0. The Hall–Kier alpha value is -2.70. The van der Waals surface area contributed by atoms with Crippen molar-refractivity contribution in [3.8, 4) is 5.75 Å². The molecule has 0 aliphatic carbocycles. The topological polar surface area (TPSA) is 57.8 Å². The van der Waals surface area contributed by atoms with Gasteiger partial charge in [0.1, 0.15) is 24.0 Å². The Kier molecular flexibility index (Phi) is 5.58. The van der Waals surface area contributed by atoms with Crippen LogP contribution in [-0.2, 0) is 26.5 Å². The van der Waals surface area contributed by atoms with E-state index in [4.69, 9.17) is 4.74 Å². The number of hydrogen-bond acceptors (Lipinski definition) is 4. The zero-order valence-corrected chi connectivity index (χ0v) is 16.5. The Morgan fingerprint density at radius 2 is 1.78 bits per heavy atom. The number of benzene rings is 1. The van der Waals surface area contributed by atoms with Crippen molar-refractivity contribution in [2.75, 3.05) is 0 Å².